The summed E-state index contributed by atoms with van der Waals surface area (Å²) in [5.41, 5.74) is 1.16. The molecule has 0 radical (unpaired) electrons. The van der Waals surface area contributed by atoms with Gasteiger partial charge in [-0.15, -0.1) is 35.6 Å². The van der Waals surface area contributed by atoms with Crippen molar-refractivity contribution in [1.82, 2.24) is 0 Å². The number of thiol groups is 1. The number of benzene rings is 1. The number of hydrogen-bond acceptors (Lipinski definition) is 2. The molecule has 0 fully saturated rings. The van der Waals surface area contributed by atoms with E-state index in [1.54, 1.807) is 11.3 Å². The predicted molar refractivity (Wildman–Crippen MR) is 66.3 cm³/mol. The van der Waals surface area contributed by atoms with Gasteiger partial charge < -0.3 is 0 Å². The predicted octanol–water partition coefficient (Wildman–Crippen LogP) is 4.69. The summed E-state index contributed by atoms with van der Waals surface area (Å²) < 4.78 is 3.33. The first-order chi connectivity index (χ1) is 6.20. The third-order valence-corrected chi connectivity index (χ3v) is 3.85. The van der Waals surface area contributed by atoms with Crippen LogP contribution in [0.15, 0.2) is 26.9 Å². The minimum atomic E-state index is 0.542. The Bertz CT molecular complexity index is 450. The maximum Gasteiger partial charge on any atom is 0.0580 e. The van der Waals surface area contributed by atoms with Gasteiger partial charge in [0.15, 0.2) is 0 Å². The maximum atomic E-state index is 5.85. The Labute approximate surface area is 99.4 Å². The molecule has 0 spiro atoms. The summed E-state index contributed by atoms with van der Waals surface area (Å²) in [6, 6.07) is 6.21. The van der Waals surface area contributed by atoms with Crippen molar-refractivity contribution in [1.29, 1.82) is 0 Å². The van der Waals surface area contributed by atoms with Crippen molar-refractivity contribution in [2.24, 2.45) is 0 Å². The Kier molecular flexibility index (Phi) is 2.88. The molecule has 4 heteroatoms. The Morgan fingerprint density at radius 3 is 2.85 bits per heavy atom. The van der Waals surface area contributed by atoms with Gasteiger partial charge in [-0.25, -0.2) is 0 Å². The van der Waals surface area contributed by atoms with Gasteiger partial charge in [0.05, 0.1) is 4.21 Å². The molecule has 1 aromatic carbocycles. The van der Waals surface area contributed by atoms with Crippen molar-refractivity contribution in [3.05, 3.63) is 28.2 Å². The fourth-order valence-electron chi connectivity index (χ4n) is 1.27. The van der Waals surface area contributed by atoms with Crippen LogP contribution in [-0.4, -0.2) is 0 Å². The lowest BCUT2D eigenvalue weighted by molar-refractivity contribution is 1.44. The fraction of sp³-hybridized carbons (Fsp3) is 0.111. The summed E-state index contributed by atoms with van der Waals surface area (Å²) in [6.07, 6.45) is 0. The van der Waals surface area contributed by atoms with Gasteiger partial charge in [-0.3, -0.25) is 0 Å². The van der Waals surface area contributed by atoms with Crippen molar-refractivity contribution in [2.45, 2.75) is 10.1 Å². The van der Waals surface area contributed by atoms with Gasteiger partial charge in [-0.05, 0) is 29.1 Å². The molecule has 0 unspecified atom stereocenters. The normalized spacial score (nSPS) is 11.0. The topological polar surface area (TPSA) is 0 Å². The Morgan fingerprint density at radius 1 is 1.38 bits per heavy atom. The number of rotatable bonds is 1. The van der Waals surface area contributed by atoms with E-state index >= 15 is 0 Å². The minimum absolute atomic E-state index is 0.542. The fourth-order valence-corrected chi connectivity index (χ4v) is 3.46. The standard InChI is InChI=1S/C9H6BrClS2/c10-6-1-5(4-11)7-3-9(12)13-8(7)2-6/h1-3,12H,4H2. The zero-order chi connectivity index (χ0) is 9.42. The molecule has 0 atom stereocenters. The van der Waals surface area contributed by atoms with E-state index in [0.29, 0.717) is 5.88 Å². The maximum absolute atomic E-state index is 5.85. The first kappa shape index (κ1) is 9.84. The highest BCUT2D eigenvalue weighted by Gasteiger charge is 2.05. The number of alkyl halides is 1. The van der Waals surface area contributed by atoms with Gasteiger partial charge in [0.25, 0.3) is 0 Å². The van der Waals surface area contributed by atoms with Gasteiger partial charge in [0.1, 0.15) is 0 Å². The van der Waals surface area contributed by atoms with Crippen LogP contribution in [0.2, 0.25) is 0 Å². The second-order valence-corrected chi connectivity index (χ2v) is 5.75. The summed E-state index contributed by atoms with van der Waals surface area (Å²) in [7, 11) is 0. The number of fused-ring (bicyclic) bond motifs is 1. The van der Waals surface area contributed by atoms with E-state index < -0.39 is 0 Å². The molecule has 0 saturated carbocycles. The largest absolute Gasteiger partial charge is 0.133 e. The van der Waals surface area contributed by atoms with Crippen LogP contribution in [0.1, 0.15) is 5.56 Å². The summed E-state index contributed by atoms with van der Waals surface area (Å²) in [5.74, 6) is 0.542. The molecular weight excluding hydrogens is 288 g/mol. The number of thiophene rings is 1. The third-order valence-electron chi connectivity index (χ3n) is 1.82. The molecule has 2 rings (SSSR count). The van der Waals surface area contributed by atoms with Crippen molar-refractivity contribution in [3.8, 4) is 0 Å². The van der Waals surface area contributed by atoms with Crippen LogP contribution in [0.3, 0.4) is 0 Å². The van der Waals surface area contributed by atoms with Crippen molar-refractivity contribution in [2.75, 3.05) is 0 Å². The Morgan fingerprint density at radius 2 is 2.15 bits per heavy atom. The van der Waals surface area contributed by atoms with Crippen LogP contribution >= 0.6 is 51.5 Å². The molecule has 13 heavy (non-hydrogen) atoms. The van der Waals surface area contributed by atoms with E-state index in [4.69, 9.17) is 11.6 Å². The Balaban J connectivity index is 2.80. The zero-order valence-electron chi connectivity index (χ0n) is 6.55. The molecule has 68 valence electrons. The first-order valence-corrected chi connectivity index (χ1v) is 6.26. The summed E-state index contributed by atoms with van der Waals surface area (Å²) in [4.78, 5) is 0. The van der Waals surface area contributed by atoms with Crippen LogP contribution in [0.4, 0.5) is 0 Å². The second kappa shape index (κ2) is 3.81. The van der Waals surface area contributed by atoms with Crippen molar-refractivity contribution < 1.29 is 0 Å². The van der Waals surface area contributed by atoms with Gasteiger partial charge >= 0.3 is 0 Å². The molecule has 0 amide bonds. The molecule has 0 saturated heterocycles. The molecule has 0 aliphatic heterocycles. The lowest BCUT2D eigenvalue weighted by Gasteiger charge is -1.98. The van der Waals surface area contributed by atoms with E-state index in [9.17, 15) is 0 Å². The average molecular weight is 294 g/mol. The van der Waals surface area contributed by atoms with Crippen LogP contribution in [0.5, 0.6) is 0 Å². The quantitative estimate of drug-likeness (QED) is 0.572. The lowest BCUT2D eigenvalue weighted by atomic mass is 10.1. The van der Waals surface area contributed by atoms with E-state index in [2.05, 4.69) is 46.8 Å². The van der Waals surface area contributed by atoms with Crippen molar-refractivity contribution >= 4 is 61.6 Å². The second-order valence-electron chi connectivity index (χ2n) is 2.69. The highest BCUT2D eigenvalue weighted by molar-refractivity contribution is 9.10. The smallest absolute Gasteiger partial charge is 0.0580 e. The molecule has 0 aliphatic rings. The number of halogens is 2. The molecule has 0 nitrogen and oxygen atoms in total. The first-order valence-electron chi connectivity index (χ1n) is 3.67. The third kappa shape index (κ3) is 1.89. The van der Waals surface area contributed by atoms with E-state index in [1.165, 1.54) is 10.1 Å². The summed E-state index contributed by atoms with van der Waals surface area (Å²) in [6.45, 7) is 0. The van der Waals surface area contributed by atoms with Crippen LogP contribution < -0.4 is 0 Å². The lowest BCUT2D eigenvalue weighted by Crippen LogP contribution is -1.78. The van der Waals surface area contributed by atoms with E-state index in [1.807, 2.05) is 0 Å². The molecule has 2 aromatic rings. The molecular formula is C9H6BrClS2. The van der Waals surface area contributed by atoms with Crippen LogP contribution in [0, 0.1) is 0 Å². The SMILES string of the molecule is Sc1cc2c(CCl)cc(Br)cc2s1. The highest BCUT2D eigenvalue weighted by atomic mass is 79.9. The van der Waals surface area contributed by atoms with Crippen LogP contribution in [0.25, 0.3) is 10.1 Å². The summed E-state index contributed by atoms with van der Waals surface area (Å²) in [5, 5.41) is 1.22. The molecule has 0 N–H and O–H groups in total. The van der Waals surface area contributed by atoms with Gasteiger partial charge in [-0.2, -0.15) is 0 Å². The average Bonchev–Trinajstić information content (AvgIpc) is 2.43. The molecule has 0 aliphatic carbocycles. The van der Waals surface area contributed by atoms with Crippen LogP contribution in [-0.2, 0) is 5.88 Å². The molecule has 0 bridgehead atoms. The van der Waals surface area contributed by atoms with Crippen molar-refractivity contribution in [3.63, 3.8) is 0 Å². The highest BCUT2D eigenvalue weighted by Crippen LogP contribution is 2.33. The summed E-state index contributed by atoms with van der Waals surface area (Å²) >= 11 is 15.3. The molecule has 1 aromatic heterocycles. The monoisotopic (exact) mass is 292 g/mol. The van der Waals surface area contributed by atoms with E-state index in [-0.39, 0.29) is 0 Å². The zero-order valence-corrected chi connectivity index (χ0v) is 10.6. The van der Waals surface area contributed by atoms with Gasteiger partial charge in [0.2, 0.25) is 0 Å². The Hall–Kier alpha value is 0.300. The number of hydrogen-bond donors (Lipinski definition) is 1. The van der Waals surface area contributed by atoms with E-state index in [0.717, 1.165) is 14.2 Å². The molecule has 1 heterocycles. The van der Waals surface area contributed by atoms with Gasteiger partial charge in [-0.1, -0.05) is 15.9 Å². The minimum Gasteiger partial charge on any atom is -0.133 e. The van der Waals surface area contributed by atoms with Gasteiger partial charge in [0, 0.05) is 15.1 Å².